The molecule has 2 aromatic rings. The van der Waals surface area contributed by atoms with Crippen molar-refractivity contribution in [2.45, 2.75) is 6.18 Å². The van der Waals surface area contributed by atoms with E-state index in [0.717, 1.165) is 0 Å². The molecule has 1 heterocycles. The van der Waals surface area contributed by atoms with Crippen LogP contribution in [0.15, 0.2) is 29.1 Å². The Morgan fingerprint density at radius 2 is 1.94 bits per heavy atom. The van der Waals surface area contributed by atoms with Crippen molar-refractivity contribution in [1.82, 2.24) is 0 Å². The van der Waals surface area contributed by atoms with Crippen LogP contribution in [-0.4, -0.2) is 7.11 Å². The number of hydrogen-bond donors (Lipinski definition) is 0. The highest BCUT2D eigenvalue weighted by atomic mass is 32.1. The first kappa shape index (κ1) is 11.9. The van der Waals surface area contributed by atoms with Gasteiger partial charge in [0.15, 0.2) is 5.43 Å². The summed E-state index contributed by atoms with van der Waals surface area (Å²) in [5.41, 5.74) is -0.648. The number of hydrogen-bond acceptors (Lipinski definition) is 3. The molecule has 0 fully saturated rings. The number of alkyl halides is 3. The van der Waals surface area contributed by atoms with E-state index in [1.165, 1.54) is 25.3 Å². The molecule has 6 heteroatoms. The van der Waals surface area contributed by atoms with Crippen molar-refractivity contribution in [2.75, 3.05) is 7.11 Å². The number of fused-ring (bicyclic) bond motifs is 1. The fraction of sp³-hybridized carbons (Fsp3) is 0.182. The summed E-state index contributed by atoms with van der Waals surface area (Å²) in [6.07, 6.45) is -4.49. The van der Waals surface area contributed by atoms with Crippen LogP contribution in [0.2, 0.25) is 0 Å². The molecular weight excluding hydrogens is 253 g/mol. The lowest BCUT2D eigenvalue weighted by Gasteiger charge is -2.07. The smallest absolute Gasteiger partial charge is 0.425 e. The summed E-state index contributed by atoms with van der Waals surface area (Å²) < 4.78 is 42.7. The highest BCUT2D eigenvalue weighted by molar-refractivity contribution is 7.18. The molecule has 0 radical (unpaired) electrons. The standard InChI is InChI=1S/C11H7F3O2S/c1-16-6-2-3-9-7(4-6)8(15)5-10(17-9)11(12,13)14/h2-5H,1H3. The number of ether oxygens (including phenoxy) is 1. The molecule has 0 unspecified atom stereocenters. The zero-order valence-electron chi connectivity index (χ0n) is 8.67. The molecule has 2 rings (SSSR count). The average Bonchev–Trinajstić information content (AvgIpc) is 2.27. The third-order valence-electron chi connectivity index (χ3n) is 2.21. The summed E-state index contributed by atoms with van der Waals surface area (Å²) >= 11 is 0.547. The first-order chi connectivity index (χ1) is 7.91. The van der Waals surface area contributed by atoms with E-state index in [-0.39, 0.29) is 5.39 Å². The van der Waals surface area contributed by atoms with Gasteiger partial charge in [-0.2, -0.15) is 13.2 Å². The summed E-state index contributed by atoms with van der Waals surface area (Å²) in [6, 6.07) is 5.04. The van der Waals surface area contributed by atoms with Crippen LogP contribution in [0.5, 0.6) is 5.75 Å². The lowest BCUT2D eigenvalue weighted by Crippen LogP contribution is -2.09. The van der Waals surface area contributed by atoms with Gasteiger partial charge in [0.1, 0.15) is 10.6 Å². The van der Waals surface area contributed by atoms with Gasteiger partial charge in [0, 0.05) is 16.2 Å². The molecule has 0 atom stereocenters. The monoisotopic (exact) mass is 260 g/mol. The normalized spacial score (nSPS) is 11.8. The van der Waals surface area contributed by atoms with Crippen molar-refractivity contribution in [3.63, 3.8) is 0 Å². The number of halogens is 3. The van der Waals surface area contributed by atoms with Gasteiger partial charge in [0.2, 0.25) is 0 Å². The first-order valence-corrected chi connectivity index (χ1v) is 5.42. The van der Waals surface area contributed by atoms with E-state index < -0.39 is 16.5 Å². The van der Waals surface area contributed by atoms with Gasteiger partial charge >= 0.3 is 6.18 Å². The highest BCUT2D eigenvalue weighted by Crippen LogP contribution is 2.34. The Balaban J connectivity index is 2.73. The molecule has 0 saturated heterocycles. The quantitative estimate of drug-likeness (QED) is 0.786. The second kappa shape index (κ2) is 4.03. The maximum Gasteiger partial charge on any atom is 0.425 e. The van der Waals surface area contributed by atoms with Crippen molar-refractivity contribution in [2.24, 2.45) is 0 Å². The van der Waals surface area contributed by atoms with E-state index in [0.29, 0.717) is 27.9 Å². The Morgan fingerprint density at radius 1 is 1.24 bits per heavy atom. The topological polar surface area (TPSA) is 26.3 Å². The van der Waals surface area contributed by atoms with Gasteiger partial charge in [-0.25, -0.2) is 0 Å². The van der Waals surface area contributed by atoms with Crippen molar-refractivity contribution >= 4 is 21.4 Å². The van der Waals surface area contributed by atoms with Crippen LogP contribution in [0.4, 0.5) is 13.2 Å². The highest BCUT2D eigenvalue weighted by Gasteiger charge is 2.32. The molecule has 1 aromatic heterocycles. The van der Waals surface area contributed by atoms with Crippen molar-refractivity contribution in [3.8, 4) is 5.75 Å². The van der Waals surface area contributed by atoms with Crippen LogP contribution >= 0.6 is 11.3 Å². The Kier molecular flexibility index (Phi) is 2.82. The van der Waals surface area contributed by atoms with Gasteiger partial charge in [-0.05, 0) is 18.2 Å². The second-order valence-electron chi connectivity index (χ2n) is 3.33. The largest absolute Gasteiger partial charge is 0.497 e. The molecule has 1 aromatic carbocycles. The van der Waals surface area contributed by atoms with E-state index in [2.05, 4.69) is 0 Å². The van der Waals surface area contributed by atoms with Gasteiger partial charge in [-0.1, -0.05) is 0 Å². The Bertz CT molecular complexity index is 616. The van der Waals surface area contributed by atoms with E-state index in [9.17, 15) is 18.0 Å². The molecule has 90 valence electrons. The van der Waals surface area contributed by atoms with Gasteiger partial charge in [-0.3, -0.25) is 4.79 Å². The van der Waals surface area contributed by atoms with Gasteiger partial charge in [0.05, 0.1) is 7.11 Å². The number of rotatable bonds is 1. The molecule has 0 aliphatic carbocycles. The van der Waals surface area contributed by atoms with Crippen LogP contribution < -0.4 is 10.2 Å². The molecule has 2 nitrogen and oxygen atoms in total. The van der Waals surface area contributed by atoms with Gasteiger partial charge in [-0.15, -0.1) is 11.3 Å². The van der Waals surface area contributed by atoms with E-state index in [4.69, 9.17) is 4.74 Å². The summed E-state index contributed by atoms with van der Waals surface area (Å²) in [4.78, 5) is 10.7. The summed E-state index contributed by atoms with van der Waals surface area (Å²) in [5.74, 6) is 0.446. The van der Waals surface area contributed by atoms with Crippen LogP contribution in [-0.2, 0) is 6.18 Å². The van der Waals surface area contributed by atoms with Crippen molar-refractivity contribution in [3.05, 3.63) is 39.4 Å². The molecular formula is C11H7F3O2S. The SMILES string of the molecule is COc1ccc2sc(C(F)(F)F)cc(=O)c2c1. The third kappa shape index (κ3) is 2.26. The maximum atomic E-state index is 12.5. The van der Waals surface area contributed by atoms with Crippen LogP contribution in [0.3, 0.4) is 0 Å². The number of benzene rings is 1. The maximum absolute atomic E-state index is 12.5. The minimum absolute atomic E-state index is 0.238. The van der Waals surface area contributed by atoms with Gasteiger partial charge < -0.3 is 4.74 Å². The molecule has 0 aliphatic rings. The Hall–Kier alpha value is -1.56. The Labute approximate surface area is 98.3 Å². The zero-order chi connectivity index (χ0) is 12.6. The predicted molar refractivity (Wildman–Crippen MR) is 59.6 cm³/mol. The predicted octanol–water partition coefficient (Wildman–Crippen LogP) is 3.29. The summed E-state index contributed by atoms with van der Waals surface area (Å²) in [5, 5.41) is 0.238. The first-order valence-electron chi connectivity index (χ1n) is 4.61. The fourth-order valence-electron chi connectivity index (χ4n) is 1.40. The van der Waals surface area contributed by atoms with Crippen LogP contribution in [0, 0.1) is 0 Å². The second-order valence-corrected chi connectivity index (χ2v) is 4.42. The van der Waals surface area contributed by atoms with Crippen molar-refractivity contribution < 1.29 is 17.9 Å². The van der Waals surface area contributed by atoms with Crippen LogP contribution in [0.25, 0.3) is 10.1 Å². The fourth-order valence-corrected chi connectivity index (χ4v) is 2.33. The third-order valence-corrected chi connectivity index (χ3v) is 3.36. The Morgan fingerprint density at radius 3 is 2.53 bits per heavy atom. The molecule has 0 N–H and O–H groups in total. The lowest BCUT2D eigenvalue weighted by molar-refractivity contribution is -0.134. The van der Waals surface area contributed by atoms with E-state index in [1.807, 2.05) is 0 Å². The van der Waals surface area contributed by atoms with Crippen molar-refractivity contribution in [1.29, 1.82) is 0 Å². The minimum atomic E-state index is -4.49. The molecule has 0 amide bonds. The van der Waals surface area contributed by atoms with Crippen LogP contribution in [0.1, 0.15) is 4.88 Å². The van der Waals surface area contributed by atoms with E-state index in [1.54, 1.807) is 0 Å². The average molecular weight is 260 g/mol. The van der Waals surface area contributed by atoms with E-state index >= 15 is 0 Å². The molecule has 0 spiro atoms. The zero-order valence-corrected chi connectivity index (χ0v) is 9.48. The molecule has 17 heavy (non-hydrogen) atoms. The summed E-state index contributed by atoms with van der Waals surface area (Å²) in [7, 11) is 1.43. The molecule has 0 saturated carbocycles. The van der Waals surface area contributed by atoms with Gasteiger partial charge in [0.25, 0.3) is 0 Å². The molecule has 0 bridgehead atoms. The lowest BCUT2D eigenvalue weighted by atomic mass is 10.2. The number of methoxy groups -OCH3 is 1. The molecule has 0 aliphatic heterocycles. The minimum Gasteiger partial charge on any atom is -0.497 e. The summed E-state index contributed by atoms with van der Waals surface area (Å²) in [6.45, 7) is 0.